The van der Waals surface area contributed by atoms with Gasteiger partial charge in [0, 0.05) is 4.88 Å². The van der Waals surface area contributed by atoms with Gasteiger partial charge >= 0.3 is 0 Å². The summed E-state index contributed by atoms with van der Waals surface area (Å²) in [5.41, 5.74) is 2.94. The predicted molar refractivity (Wildman–Crippen MR) is 119 cm³/mol. The quantitative estimate of drug-likeness (QED) is 0.633. The van der Waals surface area contributed by atoms with E-state index in [0.29, 0.717) is 27.3 Å². The summed E-state index contributed by atoms with van der Waals surface area (Å²) >= 11 is 7.70. The highest BCUT2D eigenvalue weighted by Gasteiger charge is 2.32. The summed E-state index contributed by atoms with van der Waals surface area (Å²) < 4.78 is 5.77. The van der Waals surface area contributed by atoms with Gasteiger partial charge in [-0.1, -0.05) is 38.4 Å². The van der Waals surface area contributed by atoms with Crippen LogP contribution in [0.3, 0.4) is 0 Å². The molecule has 0 radical (unpaired) electrons. The summed E-state index contributed by atoms with van der Waals surface area (Å²) in [6.07, 6.45) is 2.18. The number of fused-ring (bicyclic) bond motifs is 1. The number of anilines is 1. The maximum Gasteiger partial charge on any atom is 0.265 e. The number of hydrogen-bond acceptors (Lipinski definition) is 4. The second-order valence-electron chi connectivity index (χ2n) is 8.81. The number of hydrogen-bond donors (Lipinski definition) is 1. The summed E-state index contributed by atoms with van der Waals surface area (Å²) in [4.78, 5) is 14.0. The molecular weight excluding hydrogens is 404 g/mol. The average molecular weight is 431 g/mol. The van der Waals surface area contributed by atoms with Gasteiger partial charge in [-0.2, -0.15) is 5.26 Å². The molecule has 3 rings (SSSR count). The standard InChI is InChI=1S/C23H27ClN2O2S/c1-13-6-9-18(24)19(10-13)28-14(2)21(27)26-22-17(12-25)16-8-7-15(23(3,4)5)11-20(16)29-22/h6,9-10,14-15H,7-8,11H2,1-5H3,(H,26,27)/t14-,15+/m1/s1. The van der Waals surface area contributed by atoms with Crippen molar-refractivity contribution < 1.29 is 9.53 Å². The molecule has 1 aliphatic carbocycles. The number of halogens is 1. The van der Waals surface area contributed by atoms with Gasteiger partial charge in [-0.3, -0.25) is 4.79 Å². The number of nitriles is 1. The van der Waals surface area contributed by atoms with E-state index in [9.17, 15) is 10.1 Å². The van der Waals surface area contributed by atoms with Gasteiger partial charge in [0.1, 0.15) is 16.8 Å². The first kappa shape index (κ1) is 21.7. The Bertz CT molecular complexity index is 968. The largest absolute Gasteiger partial charge is 0.479 e. The summed E-state index contributed by atoms with van der Waals surface area (Å²) in [6, 6.07) is 7.75. The Kier molecular flexibility index (Phi) is 6.26. The first-order chi connectivity index (χ1) is 13.6. The van der Waals surface area contributed by atoms with Crippen molar-refractivity contribution in [2.75, 3.05) is 5.32 Å². The number of carbonyl (C=O) groups is 1. The van der Waals surface area contributed by atoms with E-state index in [1.54, 1.807) is 13.0 Å². The summed E-state index contributed by atoms with van der Waals surface area (Å²) in [5.74, 6) is 0.771. The van der Waals surface area contributed by atoms with Crippen molar-refractivity contribution in [3.63, 3.8) is 0 Å². The molecule has 6 heteroatoms. The van der Waals surface area contributed by atoms with Crippen LogP contribution in [0.25, 0.3) is 0 Å². The molecule has 0 spiro atoms. The Morgan fingerprint density at radius 3 is 2.79 bits per heavy atom. The molecule has 0 bridgehead atoms. The van der Waals surface area contributed by atoms with E-state index >= 15 is 0 Å². The number of carbonyl (C=O) groups excluding carboxylic acids is 1. The lowest BCUT2D eigenvalue weighted by Crippen LogP contribution is -2.30. The van der Waals surface area contributed by atoms with Gasteiger partial charge in [0.25, 0.3) is 5.91 Å². The van der Waals surface area contributed by atoms with Crippen LogP contribution in [-0.4, -0.2) is 12.0 Å². The Hall–Kier alpha value is -2.03. The van der Waals surface area contributed by atoms with Crippen molar-refractivity contribution in [1.82, 2.24) is 0 Å². The zero-order chi connectivity index (χ0) is 21.3. The lowest BCUT2D eigenvalue weighted by Gasteiger charge is -2.33. The monoisotopic (exact) mass is 430 g/mol. The Balaban J connectivity index is 1.76. The van der Waals surface area contributed by atoms with Crippen LogP contribution in [0.5, 0.6) is 5.75 Å². The molecule has 1 N–H and O–H groups in total. The van der Waals surface area contributed by atoms with Gasteiger partial charge < -0.3 is 10.1 Å². The fraction of sp³-hybridized carbons (Fsp3) is 0.478. The fourth-order valence-electron chi connectivity index (χ4n) is 3.69. The summed E-state index contributed by atoms with van der Waals surface area (Å²) in [6.45, 7) is 10.4. The molecule has 0 aliphatic heterocycles. The van der Waals surface area contributed by atoms with Crippen molar-refractivity contribution in [3.8, 4) is 11.8 Å². The highest BCUT2D eigenvalue weighted by molar-refractivity contribution is 7.16. The van der Waals surface area contributed by atoms with Crippen LogP contribution < -0.4 is 10.1 Å². The molecule has 1 aromatic carbocycles. The van der Waals surface area contributed by atoms with E-state index in [0.717, 1.165) is 30.4 Å². The zero-order valence-corrected chi connectivity index (χ0v) is 19.1. The number of nitrogens with one attached hydrogen (secondary N) is 1. The van der Waals surface area contributed by atoms with Crippen LogP contribution in [0, 0.1) is 29.6 Å². The molecule has 29 heavy (non-hydrogen) atoms. The van der Waals surface area contributed by atoms with E-state index in [1.807, 2.05) is 19.1 Å². The molecule has 0 fully saturated rings. The second-order valence-corrected chi connectivity index (χ2v) is 10.3. The first-order valence-corrected chi connectivity index (χ1v) is 11.1. The number of rotatable bonds is 4. The van der Waals surface area contributed by atoms with Gasteiger partial charge in [0.2, 0.25) is 0 Å². The molecule has 1 aromatic heterocycles. The minimum Gasteiger partial charge on any atom is -0.479 e. The van der Waals surface area contributed by atoms with E-state index in [-0.39, 0.29) is 11.3 Å². The molecule has 1 aliphatic rings. The topological polar surface area (TPSA) is 62.1 Å². The molecule has 1 amide bonds. The van der Waals surface area contributed by atoms with Crippen molar-refractivity contribution in [2.45, 2.75) is 60.0 Å². The highest BCUT2D eigenvalue weighted by Crippen LogP contribution is 2.44. The molecule has 1 heterocycles. The predicted octanol–water partition coefficient (Wildman–Crippen LogP) is 6.14. The molecule has 2 aromatic rings. The van der Waals surface area contributed by atoms with E-state index in [2.05, 4.69) is 32.2 Å². The third kappa shape index (κ3) is 4.76. The first-order valence-electron chi connectivity index (χ1n) is 9.88. The number of thiophene rings is 1. The highest BCUT2D eigenvalue weighted by atomic mass is 35.5. The molecule has 0 unspecified atom stereocenters. The maximum atomic E-state index is 12.7. The maximum absolute atomic E-state index is 12.7. The zero-order valence-electron chi connectivity index (χ0n) is 17.6. The van der Waals surface area contributed by atoms with Gasteiger partial charge in [-0.25, -0.2) is 0 Å². The normalized spacial score (nSPS) is 17.2. The van der Waals surface area contributed by atoms with E-state index in [1.165, 1.54) is 16.2 Å². The molecule has 4 nitrogen and oxygen atoms in total. The lowest BCUT2D eigenvalue weighted by atomic mass is 9.72. The Labute approximate surface area is 181 Å². The van der Waals surface area contributed by atoms with Crippen LogP contribution in [0.4, 0.5) is 5.00 Å². The SMILES string of the molecule is Cc1ccc(Cl)c(O[C@H](C)C(=O)Nc2sc3c(c2C#N)CC[C@H](C(C)(C)C)C3)c1. The number of aryl methyl sites for hydroxylation is 1. The third-order valence-corrected chi connectivity index (χ3v) is 7.08. The van der Waals surface area contributed by atoms with Crippen LogP contribution in [0.15, 0.2) is 18.2 Å². The Morgan fingerprint density at radius 2 is 2.14 bits per heavy atom. The summed E-state index contributed by atoms with van der Waals surface area (Å²) in [7, 11) is 0. The van der Waals surface area contributed by atoms with Crippen LogP contribution in [0.1, 0.15) is 55.7 Å². The fourth-order valence-corrected chi connectivity index (χ4v) is 5.13. The molecule has 0 saturated carbocycles. The van der Waals surface area contributed by atoms with Gasteiger partial charge in [0.15, 0.2) is 6.10 Å². The van der Waals surface area contributed by atoms with Gasteiger partial charge in [-0.05, 0) is 67.7 Å². The smallest absolute Gasteiger partial charge is 0.265 e. The van der Waals surface area contributed by atoms with Crippen molar-refractivity contribution in [1.29, 1.82) is 5.26 Å². The average Bonchev–Trinajstić information content (AvgIpc) is 2.99. The molecule has 2 atom stereocenters. The summed E-state index contributed by atoms with van der Waals surface area (Å²) in [5, 5.41) is 13.7. The number of ether oxygens (including phenoxy) is 1. The second kappa shape index (κ2) is 8.38. The molecule has 154 valence electrons. The minimum absolute atomic E-state index is 0.229. The third-order valence-electron chi connectivity index (χ3n) is 5.60. The van der Waals surface area contributed by atoms with Crippen molar-refractivity contribution in [3.05, 3.63) is 44.8 Å². The number of amides is 1. The van der Waals surface area contributed by atoms with Crippen LogP contribution >= 0.6 is 22.9 Å². The molecular formula is C23H27ClN2O2S. The van der Waals surface area contributed by atoms with Crippen LogP contribution in [0.2, 0.25) is 5.02 Å². The van der Waals surface area contributed by atoms with E-state index < -0.39 is 6.10 Å². The Morgan fingerprint density at radius 1 is 1.41 bits per heavy atom. The van der Waals surface area contributed by atoms with Gasteiger partial charge in [0.05, 0.1) is 10.6 Å². The van der Waals surface area contributed by atoms with Crippen molar-refractivity contribution >= 4 is 33.8 Å². The lowest BCUT2D eigenvalue weighted by molar-refractivity contribution is -0.122. The van der Waals surface area contributed by atoms with E-state index in [4.69, 9.17) is 16.3 Å². The van der Waals surface area contributed by atoms with Gasteiger partial charge in [-0.15, -0.1) is 11.3 Å². The number of benzene rings is 1. The van der Waals surface area contributed by atoms with Crippen molar-refractivity contribution in [2.24, 2.45) is 11.3 Å². The minimum atomic E-state index is -0.734. The molecule has 0 saturated heterocycles. The number of nitrogens with zero attached hydrogens (tertiary/aromatic N) is 1. The van der Waals surface area contributed by atoms with Crippen LogP contribution in [-0.2, 0) is 17.6 Å².